The summed E-state index contributed by atoms with van der Waals surface area (Å²) in [5.74, 6) is 1.66. The summed E-state index contributed by atoms with van der Waals surface area (Å²) in [5.41, 5.74) is 1.02. The predicted octanol–water partition coefficient (Wildman–Crippen LogP) is 4.64. The van der Waals surface area contributed by atoms with Crippen molar-refractivity contribution in [2.75, 3.05) is 60.6 Å². The molecule has 2 aliphatic heterocycles. The number of halogens is 4. The van der Waals surface area contributed by atoms with Crippen LogP contribution in [0.4, 0.5) is 30.8 Å². The Morgan fingerprint density at radius 3 is 2.54 bits per heavy atom. The quantitative estimate of drug-likeness (QED) is 0.469. The molecule has 196 valence electrons. The molecule has 0 N–H and O–H groups in total. The molecule has 0 aliphatic carbocycles. The molecule has 5 rings (SSSR count). The zero-order chi connectivity index (χ0) is 26.0. The average molecular weight is 535 g/mol. The van der Waals surface area contributed by atoms with Gasteiger partial charge in [-0.15, -0.1) is 13.2 Å². The maximum atomic E-state index is 12.8. The first kappa shape index (κ1) is 25.3. The second-order valence-corrected chi connectivity index (χ2v) is 9.29. The van der Waals surface area contributed by atoms with E-state index in [0.29, 0.717) is 74.0 Å². The van der Waals surface area contributed by atoms with Crippen LogP contribution in [-0.2, 0) is 4.74 Å². The third kappa shape index (κ3) is 5.99. The average Bonchev–Trinajstić information content (AvgIpc) is 2.88. The van der Waals surface area contributed by atoms with E-state index in [-0.39, 0.29) is 11.8 Å². The van der Waals surface area contributed by atoms with E-state index < -0.39 is 6.36 Å². The monoisotopic (exact) mass is 534 g/mol. The van der Waals surface area contributed by atoms with Crippen LogP contribution in [-0.4, -0.2) is 73.3 Å². The number of morpholine rings is 1. The molecule has 4 heterocycles. The van der Waals surface area contributed by atoms with Gasteiger partial charge in [0.25, 0.3) is 0 Å². The Balaban J connectivity index is 1.47. The van der Waals surface area contributed by atoms with Crippen molar-refractivity contribution in [1.82, 2.24) is 15.0 Å². The maximum Gasteiger partial charge on any atom is 0.573 e. The zero-order valence-electron chi connectivity index (χ0n) is 20.2. The smallest absolute Gasteiger partial charge is 0.406 e. The van der Waals surface area contributed by atoms with Gasteiger partial charge in [0.05, 0.1) is 23.9 Å². The number of benzene rings is 1. The van der Waals surface area contributed by atoms with Gasteiger partial charge in [-0.05, 0) is 31.2 Å². The molecule has 1 aromatic carbocycles. The maximum absolute atomic E-state index is 12.8. The Hall–Kier alpha value is -3.31. The number of aromatic nitrogens is 3. The number of nitrogens with zero attached hydrogens (tertiary/aromatic N) is 6. The Morgan fingerprint density at radius 2 is 1.81 bits per heavy atom. The molecule has 1 atom stereocenters. The molecule has 0 radical (unpaired) electrons. The molecule has 2 aliphatic rings. The van der Waals surface area contributed by atoms with Gasteiger partial charge >= 0.3 is 6.36 Å². The molecule has 3 aromatic rings. The van der Waals surface area contributed by atoms with Crippen LogP contribution in [0.15, 0.2) is 48.7 Å². The molecule has 2 aromatic heterocycles. The fraction of sp³-hybridized carbons (Fsp3) is 0.400. The topological polar surface area (TPSA) is 66.9 Å². The molecule has 0 spiro atoms. The number of pyridine rings is 1. The van der Waals surface area contributed by atoms with E-state index in [1.54, 1.807) is 18.3 Å². The highest BCUT2D eigenvalue weighted by atomic mass is 35.5. The molecule has 0 saturated carbocycles. The van der Waals surface area contributed by atoms with Crippen LogP contribution in [0.25, 0.3) is 11.3 Å². The van der Waals surface area contributed by atoms with Gasteiger partial charge in [-0.25, -0.2) is 9.97 Å². The molecule has 1 unspecified atom stereocenters. The normalized spacial score (nSPS) is 18.7. The van der Waals surface area contributed by atoms with Gasteiger partial charge in [-0.2, -0.15) is 4.98 Å². The summed E-state index contributed by atoms with van der Waals surface area (Å²) in [7, 11) is 0. The lowest BCUT2D eigenvalue weighted by atomic mass is 10.1. The summed E-state index contributed by atoms with van der Waals surface area (Å²) in [4.78, 5) is 20.4. The number of piperazine rings is 1. The van der Waals surface area contributed by atoms with Crippen LogP contribution in [0.1, 0.15) is 6.92 Å². The van der Waals surface area contributed by atoms with Crippen LogP contribution in [0.2, 0.25) is 5.02 Å². The van der Waals surface area contributed by atoms with Crippen LogP contribution >= 0.6 is 11.6 Å². The minimum Gasteiger partial charge on any atom is -0.406 e. The first-order chi connectivity index (χ1) is 17.8. The molecule has 8 nitrogen and oxygen atoms in total. The fourth-order valence-corrected chi connectivity index (χ4v) is 4.82. The van der Waals surface area contributed by atoms with Crippen molar-refractivity contribution in [3.63, 3.8) is 0 Å². The summed E-state index contributed by atoms with van der Waals surface area (Å²) >= 11 is 6.37. The summed E-state index contributed by atoms with van der Waals surface area (Å²) in [5, 5.41) is 0.600. The minimum atomic E-state index is -4.78. The minimum absolute atomic E-state index is 0.0620. The van der Waals surface area contributed by atoms with Gasteiger partial charge in [0.15, 0.2) is 0 Å². The molecule has 0 bridgehead atoms. The van der Waals surface area contributed by atoms with Gasteiger partial charge in [-0.3, -0.25) is 0 Å². The Morgan fingerprint density at radius 1 is 1.00 bits per heavy atom. The third-order valence-corrected chi connectivity index (χ3v) is 6.61. The number of alkyl halides is 3. The highest BCUT2D eigenvalue weighted by Gasteiger charge is 2.31. The van der Waals surface area contributed by atoms with Crippen LogP contribution in [0.3, 0.4) is 0 Å². The molecule has 37 heavy (non-hydrogen) atoms. The summed E-state index contributed by atoms with van der Waals surface area (Å²) in [6, 6.07) is 11.3. The van der Waals surface area contributed by atoms with E-state index >= 15 is 0 Å². The van der Waals surface area contributed by atoms with Gasteiger partial charge < -0.3 is 24.2 Å². The van der Waals surface area contributed by atoms with E-state index in [9.17, 15) is 13.2 Å². The summed E-state index contributed by atoms with van der Waals surface area (Å²) in [6.45, 7) is 6.47. The number of rotatable bonds is 5. The van der Waals surface area contributed by atoms with E-state index in [4.69, 9.17) is 26.3 Å². The van der Waals surface area contributed by atoms with Gasteiger partial charge in [0.1, 0.15) is 17.4 Å². The van der Waals surface area contributed by atoms with Crippen molar-refractivity contribution in [3.05, 3.63) is 53.7 Å². The summed E-state index contributed by atoms with van der Waals surface area (Å²) in [6.07, 6.45) is -3.06. The number of anilines is 3. The summed E-state index contributed by atoms with van der Waals surface area (Å²) < 4.78 is 48.1. The molecule has 0 amide bonds. The van der Waals surface area contributed by atoms with Gasteiger partial charge in [0, 0.05) is 56.6 Å². The van der Waals surface area contributed by atoms with Crippen molar-refractivity contribution >= 4 is 29.2 Å². The van der Waals surface area contributed by atoms with Crippen molar-refractivity contribution in [2.24, 2.45) is 0 Å². The third-order valence-electron chi connectivity index (χ3n) is 6.32. The Labute approximate surface area is 217 Å². The number of hydrogen-bond acceptors (Lipinski definition) is 8. The van der Waals surface area contributed by atoms with E-state index in [1.807, 2.05) is 17.0 Å². The first-order valence-electron chi connectivity index (χ1n) is 12.0. The van der Waals surface area contributed by atoms with Crippen molar-refractivity contribution in [3.8, 4) is 17.0 Å². The lowest BCUT2D eigenvalue weighted by molar-refractivity contribution is -0.274. The molecular formula is C25H26ClF3N6O2. The van der Waals surface area contributed by atoms with Gasteiger partial charge in [0.2, 0.25) is 5.95 Å². The fourth-order valence-electron chi connectivity index (χ4n) is 4.57. The zero-order valence-corrected chi connectivity index (χ0v) is 20.9. The Bertz CT molecular complexity index is 1240. The van der Waals surface area contributed by atoms with E-state index in [0.717, 1.165) is 5.82 Å². The second kappa shape index (κ2) is 10.6. The largest absolute Gasteiger partial charge is 0.573 e. The number of ether oxygens (including phenoxy) is 2. The highest BCUT2D eigenvalue weighted by molar-refractivity contribution is 6.32. The lowest BCUT2D eigenvalue weighted by Crippen LogP contribution is -2.53. The highest BCUT2D eigenvalue weighted by Crippen LogP contribution is 2.32. The van der Waals surface area contributed by atoms with Crippen LogP contribution in [0, 0.1) is 0 Å². The van der Waals surface area contributed by atoms with Crippen molar-refractivity contribution < 1.29 is 22.6 Å². The molecular weight excluding hydrogens is 509 g/mol. The molecule has 12 heteroatoms. The molecule has 2 saturated heterocycles. The Kier molecular flexibility index (Phi) is 7.25. The molecule has 2 fully saturated rings. The second-order valence-electron chi connectivity index (χ2n) is 8.88. The predicted molar refractivity (Wildman–Crippen MR) is 135 cm³/mol. The van der Waals surface area contributed by atoms with Crippen molar-refractivity contribution in [2.45, 2.75) is 19.3 Å². The number of hydrogen-bond donors (Lipinski definition) is 0. The van der Waals surface area contributed by atoms with Crippen LogP contribution in [0.5, 0.6) is 5.75 Å². The standard InChI is InChI=1S/C25H26ClF3N6O2/c1-17-16-34(23-20(26)6-3-7-30-23)8-9-35(17)22-15-21(31-24(32-22)33-10-12-36-13-11-33)18-4-2-5-19(14-18)37-25(27,28)29/h2-7,14-15,17H,8-13,16H2,1H3. The van der Waals surface area contributed by atoms with E-state index in [1.165, 1.54) is 18.2 Å². The van der Waals surface area contributed by atoms with E-state index in [2.05, 4.69) is 26.4 Å². The van der Waals surface area contributed by atoms with Crippen molar-refractivity contribution in [1.29, 1.82) is 0 Å². The SMILES string of the molecule is CC1CN(c2ncccc2Cl)CCN1c1cc(-c2cccc(OC(F)(F)F)c2)nc(N2CCOCC2)n1. The van der Waals surface area contributed by atoms with Gasteiger partial charge in [-0.1, -0.05) is 23.7 Å². The van der Waals surface area contributed by atoms with Crippen LogP contribution < -0.4 is 19.4 Å². The lowest BCUT2D eigenvalue weighted by Gasteiger charge is -2.41. The first-order valence-corrected chi connectivity index (χ1v) is 12.3.